The Morgan fingerprint density at radius 3 is 2.74 bits per heavy atom. The fraction of sp³-hybridized carbons (Fsp3) is 0.611. The Balaban J connectivity index is 1.50. The van der Waals surface area contributed by atoms with Crippen molar-refractivity contribution < 1.29 is 22.3 Å². The molecule has 1 aromatic rings. The van der Waals surface area contributed by atoms with Gasteiger partial charge in [-0.2, -0.15) is 4.31 Å². The summed E-state index contributed by atoms with van der Waals surface area (Å²) in [5.74, 6) is -0.490. The Morgan fingerprint density at radius 1 is 1.33 bits per heavy atom. The first-order chi connectivity index (χ1) is 12.8. The second-order valence-corrected chi connectivity index (χ2v) is 9.39. The van der Waals surface area contributed by atoms with E-state index in [1.807, 2.05) is 0 Å². The Morgan fingerprint density at radius 2 is 2.07 bits per heavy atom. The maximum atomic E-state index is 13.0. The van der Waals surface area contributed by atoms with Crippen LogP contribution in [0.4, 0.5) is 9.18 Å². The van der Waals surface area contributed by atoms with Crippen molar-refractivity contribution in [3.05, 3.63) is 30.1 Å². The van der Waals surface area contributed by atoms with Crippen LogP contribution in [0.25, 0.3) is 0 Å². The highest BCUT2D eigenvalue weighted by atomic mass is 32.2. The Kier molecular flexibility index (Phi) is 6.02. The molecule has 0 bridgehead atoms. The number of likely N-dealkylation sites (tertiary alicyclic amines) is 1. The van der Waals surface area contributed by atoms with Gasteiger partial charge in [0.25, 0.3) is 0 Å². The maximum Gasteiger partial charge on any atom is 0.317 e. The minimum absolute atomic E-state index is 0.0249. The van der Waals surface area contributed by atoms with Gasteiger partial charge < -0.3 is 15.0 Å². The summed E-state index contributed by atoms with van der Waals surface area (Å²) in [5, 5.41) is 2.80. The smallest absolute Gasteiger partial charge is 0.317 e. The number of halogens is 1. The number of urea groups is 1. The summed E-state index contributed by atoms with van der Waals surface area (Å²) in [6.45, 7) is 3.18. The first kappa shape index (κ1) is 20.0. The van der Waals surface area contributed by atoms with Crippen molar-refractivity contribution in [3.63, 3.8) is 0 Å². The standard InChI is InChI=1S/C18H26FN3O4S/c1-21(27(24,25)16-5-3-15(19)4-6-16)11-9-20-17(23)22-10-2-7-18(13-22)8-12-26-14-18/h3-6H,2,7-14H2,1H3,(H,20,23). The number of rotatable bonds is 5. The van der Waals surface area contributed by atoms with E-state index in [2.05, 4.69) is 5.32 Å². The zero-order chi connectivity index (χ0) is 19.5. The van der Waals surface area contributed by atoms with Crippen molar-refractivity contribution in [1.82, 2.24) is 14.5 Å². The van der Waals surface area contributed by atoms with Crippen molar-refractivity contribution in [1.29, 1.82) is 0 Å². The van der Waals surface area contributed by atoms with E-state index >= 15 is 0 Å². The fourth-order valence-electron chi connectivity index (χ4n) is 3.69. The minimum atomic E-state index is -3.71. The molecule has 2 heterocycles. The molecule has 0 aliphatic carbocycles. The molecule has 2 aliphatic rings. The van der Waals surface area contributed by atoms with Crippen LogP contribution in [0, 0.1) is 11.2 Å². The van der Waals surface area contributed by atoms with Gasteiger partial charge in [-0.3, -0.25) is 0 Å². The second-order valence-electron chi connectivity index (χ2n) is 7.34. The van der Waals surface area contributed by atoms with Crippen molar-refractivity contribution in [2.24, 2.45) is 5.41 Å². The van der Waals surface area contributed by atoms with Crippen molar-refractivity contribution >= 4 is 16.1 Å². The predicted octanol–water partition coefficient (Wildman–Crippen LogP) is 1.66. The number of amides is 2. The lowest BCUT2D eigenvalue weighted by Crippen LogP contribution is -2.51. The molecule has 0 aromatic heterocycles. The lowest BCUT2D eigenvalue weighted by molar-refractivity contribution is 0.0827. The number of likely N-dealkylation sites (N-methyl/N-ethyl adjacent to an activating group) is 1. The number of ether oxygens (including phenoxy) is 1. The zero-order valence-corrected chi connectivity index (χ0v) is 16.3. The molecule has 1 N–H and O–H groups in total. The molecule has 0 radical (unpaired) electrons. The molecule has 0 saturated carbocycles. The van der Waals surface area contributed by atoms with Crippen LogP contribution < -0.4 is 5.32 Å². The Bertz CT molecular complexity index is 763. The quantitative estimate of drug-likeness (QED) is 0.817. The normalized spacial score (nSPS) is 23.1. The highest BCUT2D eigenvalue weighted by molar-refractivity contribution is 7.89. The van der Waals surface area contributed by atoms with Crippen LogP contribution in [0.1, 0.15) is 19.3 Å². The molecule has 3 rings (SSSR count). The summed E-state index contributed by atoms with van der Waals surface area (Å²) in [6.07, 6.45) is 3.01. The van der Waals surface area contributed by atoms with Gasteiger partial charge in [0.15, 0.2) is 0 Å². The lowest BCUT2D eigenvalue weighted by atomic mass is 9.79. The van der Waals surface area contributed by atoms with E-state index in [9.17, 15) is 17.6 Å². The van der Waals surface area contributed by atoms with Crippen LogP contribution in [-0.4, -0.2) is 70.1 Å². The second kappa shape index (κ2) is 8.12. The van der Waals surface area contributed by atoms with Gasteiger partial charge in [0.2, 0.25) is 10.0 Å². The number of nitrogens with zero attached hydrogens (tertiary/aromatic N) is 2. The Labute approximate surface area is 159 Å². The number of carbonyl (C=O) groups is 1. The van der Waals surface area contributed by atoms with Gasteiger partial charge in [-0.25, -0.2) is 17.6 Å². The first-order valence-electron chi connectivity index (χ1n) is 9.15. The van der Waals surface area contributed by atoms with Crippen molar-refractivity contribution in [2.45, 2.75) is 24.2 Å². The summed E-state index contributed by atoms with van der Waals surface area (Å²) in [7, 11) is -2.27. The lowest BCUT2D eigenvalue weighted by Gasteiger charge is -2.39. The average Bonchev–Trinajstić information content (AvgIpc) is 3.09. The molecule has 150 valence electrons. The van der Waals surface area contributed by atoms with Gasteiger partial charge in [-0.15, -0.1) is 0 Å². The number of nitrogens with one attached hydrogen (secondary N) is 1. The summed E-state index contributed by atoms with van der Waals surface area (Å²) in [4.78, 5) is 14.3. The number of sulfonamides is 1. The molecule has 1 unspecified atom stereocenters. The molecule has 9 heteroatoms. The van der Waals surface area contributed by atoms with Gasteiger partial charge in [-0.05, 0) is 43.5 Å². The largest absolute Gasteiger partial charge is 0.381 e. The van der Waals surface area contributed by atoms with E-state index in [1.54, 1.807) is 4.90 Å². The van der Waals surface area contributed by atoms with Crippen LogP contribution in [0.15, 0.2) is 29.2 Å². The number of benzene rings is 1. The van der Waals surface area contributed by atoms with Gasteiger partial charge >= 0.3 is 6.03 Å². The van der Waals surface area contributed by atoms with E-state index < -0.39 is 15.8 Å². The number of hydrogen-bond donors (Lipinski definition) is 1. The molecule has 2 aliphatic heterocycles. The van der Waals surface area contributed by atoms with Gasteiger partial charge in [-0.1, -0.05) is 0 Å². The summed E-state index contributed by atoms with van der Waals surface area (Å²) in [6, 6.07) is 4.52. The van der Waals surface area contributed by atoms with Crippen LogP contribution in [0.2, 0.25) is 0 Å². The van der Waals surface area contributed by atoms with Gasteiger partial charge in [0.1, 0.15) is 5.82 Å². The zero-order valence-electron chi connectivity index (χ0n) is 15.5. The topological polar surface area (TPSA) is 79.0 Å². The van der Waals surface area contributed by atoms with Crippen LogP contribution in [0.3, 0.4) is 0 Å². The SMILES string of the molecule is CN(CCNC(=O)N1CCCC2(CCOC2)C1)S(=O)(=O)c1ccc(F)cc1. The number of hydrogen-bond acceptors (Lipinski definition) is 4. The van der Waals surface area contributed by atoms with E-state index in [1.165, 1.54) is 19.2 Å². The molecule has 7 nitrogen and oxygen atoms in total. The van der Waals surface area contributed by atoms with E-state index in [0.717, 1.165) is 42.3 Å². The summed E-state index contributed by atoms with van der Waals surface area (Å²) in [5.41, 5.74) is 0.0817. The Hall–Kier alpha value is -1.71. The molecule has 1 atom stereocenters. The highest BCUT2D eigenvalue weighted by Crippen LogP contribution is 2.37. The van der Waals surface area contributed by atoms with E-state index in [4.69, 9.17) is 4.74 Å². The molecule has 1 spiro atoms. The van der Waals surface area contributed by atoms with Gasteiger partial charge in [0, 0.05) is 45.2 Å². The van der Waals surface area contributed by atoms with Crippen LogP contribution >= 0.6 is 0 Å². The van der Waals surface area contributed by atoms with E-state index in [0.29, 0.717) is 19.7 Å². The summed E-state index contributed by atoms with van der Waals surface area (Å²) >= 11 is 0. The molecule has 2 amide bonds. The van der Waals surface area contributed by atoms with Crippen LogP contribution in [-0.2, 0) is 14.8 Å². The minimum Gasteiger partial charge on any atom is -0.381 e. The third-order valence-electron chi connectivity index (χ3n) is 5.36. The maximum absolute atomic E-state index is 13.0. The third-order valence-corrected chi connectivity index (χ3v) is 7.23. The molecular weight excluding hydrogens is 373 g/mol. The fourth-order valence-corrected chi connectivity index (χ4v) is 4.86. The monoisotopic (exact) mass is 399 g/mol. The molecule has 2 fully saturated rings. The third kappa shape index (κ3) is 4.59. The van der Waals surface area contributed by atoms with Gasteiger partial charge in [0.05, 0.1) is 11.5 Å². The summed E-state index contributed by atoms with van der Waals surface area (Å²) < 4.78 is 44.6. The molecule has 1 aromatic carbocycles. The molecular formula is C18H26FN3O4S. The van der Waals surface area contributed by atoms with E-state index in [-0.39, 0.29) is 29.4 Å². The number of carbonyl (C=O) groups excluding carboxylic acids is 1. The molecule has 27 heavy (non-hydrogen) atoms. The predicted molar refractivity (Wildman–Crippen MR) is 98.3 cm³/mol. The van der Waals surface area contributed by atoms with Crippen molar-refractivity contribution in [3.8, 4) is 0 Å². The molecule has 2 saturated heterocycles. The average molecular weight is 399 g/mol. The number of piperidine rings is 1. The first-order valence-corrected chi connectivity index (χ1v) is 10.6. The van der Waals surface area contributed by atoms with Crippen LogP contribution in [0.5, 0.6) is 0 Å². The van der Waals surface area contributed by atoms with Crippen molar-refractivity contribution in [2.75, 3.05) is 46.4 Å². The highest BCUT2D eigenvalue weighted by Gasteiger charge is 2.40.